The number of anilines is 1. The summed E-state index contributed by atoms with van der Waals surface area (Å²) < 4.78 is 13.5. The number of carboxylic acid groups (broad SMARTS) is 1. The number of para-hydroxylation sites is 1. The number of carbonyl (C=O) groups is 1. The Morgan fingerprint density at radius 3 is 2.81 bits per heavy atom. The summed E-state index contributed by atoms with van der Waals surface area (Å²) in [5, 5.41) is 22.9. The van der Waals surface area contributed by atoms with E-state index in [2.05, 4.69) is 5.32 Å². The molecule has 2 atom stereocenters. The first-order valence-electron chi connectivity index (χ1n) is 6.90. The van der Waals surface area contributed by atoms with Gasteiger partial charge in [0.1, 0.15) is 5.69 Å². The van der Waals surface area contributed by atoms with Crippen molar-refractivity contribution in [2.75, 3.05) is 11.9 Å². The summed E-state index contributed by atoms with van der Waals surface area (Å²) in [5.74, 6) is -2.28. The lowest BCUT2D eigenvalue weighted by Crippen LogP contribution is -2.31. The van der Waals surface area contributed by atoms with E-state index in [1.165, 1.54) is 12.1 Å². The van der Waals surface area contributed by atoms with E-state index in [0.717, 1.165) is 25.3 Å². The van der Waals surface area contributed by atoms with Gasteiger partial charge in [-0.3, -0.25) is 14.9 Å². The Balaban J connectivity index is 2.10. The van der Waals surface area contributed by atoms with E-state index < -0.39 is 28.3 Å². The number of hydrogen-bond donors (Lipinski definition) is 2. The predicted molar refractivity (Wildman–Crippen MR) is 74.6 cm³/mol. The van der Waals surface area contributed by atoms with E-state index in [-0.39, 0.29) is 11.6 Å². The first-order chi connectivity index (χ1) is 10.0. The maximum atomic E-state index is 13.5. The van der Waals surface area contributed by atoms with E-state index in [1.807, 2.05) is 0 Å². The van der Waals surface area contributed by atoms with E-state index in [4.69, 9.17) is 0 Å². The second-order valence-electron chi connectivity index (χ2n) is 5.26. The lowest BCUT2D eigenvalue weighted by atomic mass is 9.79. The molecule has 7 heteroatoms. The molecule has 0 spiro atoms. The highest BCUT2D eigenvalue weighted by molar-refractivity contribution is 5.70. The number of rotatable bonds is 5. The van der Waals surface area contributed by atoms with E-state index >= 15 is 0 Å². The maximum absolute atomic E-state index is 13.5. The molecule has 0 saturated heterocycles. The molecule has 2 rings (SSSR count). The third-order valence-electron chi connectivity index (χ3n) is 3.95. The lowest BCUT2D eigenvalue weighted by Gasteiger charge is -2.28. The van der Waals surface area contributed by atoms with Crippen LogP contribution in [0.5, 0.6) is 0 Å². The van der Waals surface area contributed by atoms with Crippen molar-refractivity contribution in [3.05, 3.63) is 34.1 Å². The SMILES string of the molecule is O=C(O)C1CCCCC1CNc1cccc(F)c1[N+](=O)[O-]. The van der Waals surface area contributed by atoms with Crippen LogP contribution in [0.4, 0.5) is 15.8 Å². The van der Waals surface area contributed by atoms with Crippen molar-refractivity contribution in [2.45, 2.75) is 25.7 Å². The third-order valence-corrected chi connectivity index (χ3v) is 3.95. The quantitative estimate of drug-likeness (QED) is 0.643. The largest absolute Gasteiger partial charge is 0.481 e. The summed E-state index contributed by atoms with van der Waals surface area (Å²) >= 11 is 0. The summed E-state index contributed by atoms with van der Waals surface area (Å²) in [5.41, 5.74) is -0.505. The fourth-order valence-electron chi connectivity index (χ4n) is 2.86. The van der Waals surface area contributed by atoms with Gasteiger partial charge in [-0.05, 0) is 30.9 Å². The first-order valence-corrected chi connectivity index (χ1v) is 6.90. The Morgan fingerprint density at radius 1 is 1.43 bits per heavy atom. The monoisotopic (exact) mass is 296 g/mol. The molecule has 0 amide bonds. The van der Waals surface area contributed by atoms with Crippen molar-refractivity contribution in [3.8, 4) is 0 Å². The molecular weight excluding hydrogens is 279 g/mol. The second kappa shape index (κ2) is 6.51. The Hall–Kier alpha value is -2.18. The van der Waals surface area contributed by atoms with Crippen LogP contribution in [-0.2, 0) is 4.79 Å². The molecule has 1 aromatic carbocycles. The summed E-state index contributed by atoms with van der Waals surface area (Å²) in [4.78, 5) is 21.3. The van der Waals surface area contributed by atoms with Crippen molar-refractivity contribution in [2.24, 2.45) is 11.8 Å². The Morgan fingerprint density at radius 2 is 2.14 bits per heavy atom. The van der Waals surface area contributed by atoms with Crippen LogP contribution in [0, 0.1) is 27.8 Å². The Bertz CT molecular complexity index is 550. The molecular formula is C14H17FN2O4. The maximum Gasteiger partial charge on any atom is 0.327 e. The zero-order valence-corrected chi connectivity index (χ0v) is 11.4. The van der Waals surface area contributed by atoms with Crippen molar-refractivity contribution in [3.63, 3.8) is 0 Å². The molecule has 0 radical (unpaired) electrons. The second-order valence-corrected chi connectivity index (χ2v) is 5.26. The van der Waals surface area contributed by atoms with Crippen molar-refractivity contribution < 1.29 is 19.2 Å². The molecule has 0 aliphatic heterocycles. The lowest BCUT2D eigenvalue weighted by molar-refractivity contribution is -0.386. The summed E-state index contributed by atoms with van der Waals surface area (Å²) in [7, 11) is 0. The van der Waals surface area contributed by atoms with Gasteiger partial charge in [0.2, 0.25) is 5.82 Å². The number of hydrogen-bond acceptors (Lipinski definition) is 4. The van der Waals surface area contributed by atoms with Gasteiger partial charge >= 0.3 is 11.7 Å². The van der Waals surface area contributed by atoms with Crippen molar-refractivity contribution >= 4 is 17.3 Å². The van der Waals surface area contributed by atoms with Crippen LogP contribution in [-0.4, -0.2) is 22.5 Å². The van der Waals surface area contributed by atoms with Gasteiger partial charge in [-0.15, -0.1) is 0 Å². The highest BCUT2D eigenvalue weighted by Crippen LogP contribution is 2.32. The average molecular weight is 296 g/mol. The standard InChI is InChI=1S/C14H17FN2O4/c15-11-6-3-7-12(13(11)17(20)21)16-8-9-4-1-2-5-10(9)14(18)19/h3,6-7,9-10,16H,1-2,4-5,8H2,(H,18,19). The molecule has 0 bridgehead atoms. The molecule has 2 N–H and O–H groups in total. The Kier molecular flexibility index (Phi) is 4.72. The molecule has 1 aromatic rings. The van der Waals surface area contributed by atoms with Crippen LogP contribution in [0.1, 0.15) is 25.7 Å². The number of halogens is 1. The van der Waals surface area contributed by atoms with Gasteiger partial charge < -0.3 is 10.4 Å². The number of nitrogens with zero attached hydrogens (tertiary/aromatic N) is 1. The van der Waals surface area contributed by atoms with E-state index in [1.54, 1.807) is 0 Å². The van der Waals surface area contributed by atoms with E-state index in [0.29, 0.717) is 13.0 Å². The van der Waals surface area contributed by atoms with Gasteiger partial charge in [-0.25, -0.2) is 0 Å². The normalized spacial score (nSPS) is 21.8. The molecule has 0 aromatic heterocycles. The Labute approximate surface area is 121 Å². The number of benzene rings is 1. The average Bonchev–Trinajstić information content (AvgIpc) is 2.44. The fraction of sp³-hybridized carbons (Fsp3) is 0.500. The molecule has 1 fully saturated rings. The molecule has 114 valence electrons. The number of aliphatic carboxylic acids is 1. The van der Waals surface area contributed by atoms with Crippen LogP contribution < -0.4 is 5.32 Å². The molecule has 1 saturated carbocycles. The fourth-order valence-corrected chi connectivity index (χ4v) is 2.86. The molecule has 2 unspecified atom stereocenters. The predicted octanol–water partition coefficient (Wildman–Crippen LogP) is 3.04. The van der Waals surface area contributed by atoms with Crippen LogP contribution in [0.2, 0.25) is 0 Å². The van der Waals surface area contributed by atoms with Gasteiger partial charge in [-0.1, -0.05) is 18.9 Å². The van der Waals surface area contributed by atoms with E-state index in [9.17, 15) is 24.4 Å². The molecule has 6 nitrogen and oxygen atoms in total. The summed E-state index contributed by atoms with van der Waals surface area (Å²) in [6, 6.07) is 3.85. The number of carboxylic acids is 1. The highest BCUT2D eigenvalue weighted by Gasteiger charge is 2.31. The minimum absolute atomic E-state index is 0.0923. The topological polar surface area (TPSA) is 92.5 Å². The van der Waals surface area contributed by atoms with Crippen LogP contribution in [0.3, 0.4) is 0 Å². The minimum Gasteiger partial charge on any atom is -0.481 e. The van der Waals surface area contributed by atoms with Crippen molar-refractivity contribution in [1.82, 2.24) is 0 Å². The third kappa shape index (κ3) is 3.48. The number of nitro benzene ring substituents is 1. The molecule has 1 aliphatic rings. The summed E-state index contributed by atoms with van der Waals surface area (Å²) in [6.45, 7) is 0.293. The smallest absolute Gasteiger partial charge is 0.327 e. The zero-order valence-electron chi connectivity index (χ0n) is 11.4. The number of nitrogens with one attached hydrogen (secondary N) is 1. The minimum atomic E-state index is -0.900. The molecule has 21 heavy (non-hydrogen) atoms. The van der Waals surface area contributed by atoms with Crippen LogP contribution >= 0.6 is 0 Å². The zero-order chi connectivity index (χ0) is 15.4. The summed E-state index contributed by atoms with van der Waals surface area (Å²) in [6.07, 6.45) is 3.20. The van der Waals surface area contributed by atoms with Crippen molar-refractivity contribution in [1.29, 1.82) is 0 Å². The van der Waals surface area contributed by atoms with Gasteiger partial charge in [-0.2, -0.15) is 4.39 Å². The first kappa shape index (κ1) is 15.2. The highest BCUT2D eigenvalue weighted by atomic mass is 19.1. The van der Waals surface area contributed by atoms with Gasteiger partial charge in [0.15, 0.2) is 0 Å². The van der Waals surface area contributed by atoms with Gasteiger partial charge in [0.05, 0.1) is 10.8 Å². The van der Waals surface area contributed by atoms with Crippen LogP contribution in [0.15, 0.2) is 18.2 Å². The number of nitro groups is 1. The molecule has 1 aliphatic carbocycles. The van der Waals surface area contributed by atoms with Crippen LogP contribution in [0.25, 0.3) is 0 Å². The van der Waals surface area contributed by atoms with Gasteiger partial charge in [0, 0.05) is 6.54 Å². The van der Waals surface area contributed by atoms with Gasteiger partial charge in [0.25, 0.3) is 0 Å². The molecule has 0 heterocycles.